The molecule has 1 fully saturated rings. The van der Waals surface area contributed by atoms with Gasteiger partial charge in [-0.3, -0.25) is 4.79 Å². The van der Waals surface area contributed by atoms with Crippen LogP contribution in [0.25, 0.3) is 0 Å². The minimum Gasteiger partial charge on any atom is -0.480 e. The highest BCUT2D eigenvalue weighted by Gasteiger charge is 2.34. The second-order valence-electron chi connectivity index (χ2n) is 4.98. The maximum Gasteiger partial charge on any atom is 0.326 e. The van der Waals surface area contributed by atoms with E-state index in [4.69, 9.17) is 5.11 Å². The molecule has 1 aliphatic rings. The lowest BCUT2D eigenvalue weighted by atomic mass is 10.2. The molecule has 0 aliphatic carbocycles. The Labute approximate surface area is 100 Å². The molecule has 1 amide bonds. The Morgan fingerprint density at radius 1 is 1.44 bits per heavy atom. The Balaban J connectivity index is 2.50. The fraction of sp³-hybridized carbons (Fsp3) is 0.818. The van der Waals surface area contributed by atoms with Crippen LogP contribution >= 0.6 is 11.8 Å². The van der Waals surface area contributed by atoms with Crippen molar-refractivity contribution in [3.8, 4) is 0 Å². The zero-order chi connectivity index (χ0) is 12.3. The predicted octanol–water partition coefficient (Wildman–Crippen LogP) is 1.59. The molecule has 4 nitrogen and oxygen atoms in total. The van der Waals surface area contributed by atoms with Crippen LogP contribution in [0.5, 0.6) is 0 Å². The first-order valence-corrected chi connectivity index (χ1v) is 6.46. The van der Waals surface area contributed by atoms with Gasteiger partial charge in [0.05, 0.1) is 5.75 Å². The minimum atomic E-state index is -0.883. The second-order valence-corrected chi connectivity index (χ2v) is 6.79. The van der Waals surface area contributed by atoms with Gasteiger partial charge >= 0.3 is 5.97 Å². The molecule has 0 aromatic rings. The third kappa shape index (κ3) is 3.70. The molecular formula is C11H19NO3S. The number of likely N-dealkylation sites (tertiary alicyclic amines) is 1. The second kappa shape index (κ2) is 5.08. The van der Waals surface area contributed by atoms with E-state index >= 15 is 0 Å². The summed E-state index contributed by atoms with van der Waals surface area (Å²) in [5.41, 5.74) is 0. The summed E-state index contributed by atoms with van der Waals surface area (Å²) in [7, 11) is 0. The van der Waals surface area contributed by atoms with Crippen LogP contribution in [-0.2, 0) is 9.59 Å². The molecular weight excluding hydrogens is 226 g/mol. The molecule has 1 N–H and O–H groups in total. The molecule has 0 radical (unpaired) electrons. The minimum absolute atomic E-state index is 0.0358. The molecule has 0 bridgehead atoms. The number of carbonyl (C=O) groups excluding carboxylic acids is 1. The van der Waals surface area contributed by atoms with Crippen molar-refractivity contribution in [3.63, 3.8) is 0 Å². The lowest BCUT2D eigenvalue weighted by molar-refractivity contribution is -0.147. The molecule has 0 aromatic heterocycles. The van der Waals surface area contributed by atoms with Gasteiger partial charge in [-0.15, -0.1) is 11.8 Å². The highest BCUT2D eigenvalue weighted by molar-refractivity contribution is 8.01. The number of rotatable bonds is 3. The zero-order valence-corrected chi connectivity index (χ0v) is 10.8. The van der Waals surface area contributed by atoms with Crippen molar-refractivity contribution in [1.29, 1.82) is 0 Å². The quantitative estimate of drug-likeness (QED) is 0.820. The Bertz CT molecular complexity index is 285. The number of hydrogen-bond donors (Lipinski definition) is 1. The van der Waals surface area contributed by atoms with E-state index in [-0.39, 0.29) is 10.7 Å². The molecule has 0 spiro atoms. The monoisotopic (exact) mass is 245 g/mol. The number of carbonyl (C=O) groups is 2. The molecule has 5 heteroatoms. The summed E-state index contributed by atoms with van der Waals surface area (Å²) in [6, 6.07) is -0.604. The number of hydrogen-bond acceptors (Lipinski definition) is 3. The lowest BCUT2D eigenvalue weighted by Gasteiger charge is -2.23. The van der Waals surface area contributed by atoms with Gasteiger partial charge in [0.15, 0.2) is 0 Å². The summed E-state index contributed by atoms with van der Waals surface area (Å²) in [6.07, 6.45) is 1.38. The van der Waals surface area contributed by atoms with Crippen molar-refractivity contribution in [2.75, 3.05) is 12.3 Å². The summed E-state index contributed by atoms with van der Waals surface area (Å²) in [5, 5.41) is 8.96. The first kappa shape index (κ1) is 13.4. The molecule has 1 atom stereocenters. The van der Waals surface area contributed by atoms with Gasteiger partial charge in [0.2, 0.25) is 5.91 Å². The van der Waals surface area contributed by atoms with Crippen molar-refractivity contribution in [2.24, 2.45) is 0 Å². The first-order valence-electron chi connectivity index (χ1n) is 5.47. The molecule has 16 heavy (non-hydrogen) atoms. The predicted molar refractivity (Wildman–Crippen MR) is 64.6 cm³/mol. The van der Waals surface area contributed by atoms with Gasteiger partial charge in [0.25, 0.3) is 0 Å². The van der Waals surface area contributed by atoms with Crippen molar-refractivity contribution >= 4 is 23.6 Å². The van der Waals surface area contributed by atoms with Crippen molar-refractivity contribution < 1.29 is 14.7 Å². The molecule has 1 saturated heterocycles. The smallest absolute Gasteiger partial charge is 0.326 e. The van der Waals surface area contributed by atoms with Crippen LogP contribution in [0, 0.1) is 0 Å². The first-order chi connectivity index (χ1) is 7.31. The SMILES string of the molecule is CC(C)(C)SCC(=O)N1CCC[C@H]1C(=O)O. The lowest BCUT2D eigenvalue weighted by Crippen LogP contribution is -2.41. The molecule has 0 unspecified atom stereocenters. The van der Waals surface area contributed by atoms with E-state index in [1.165, 1.54) is 4.90 Å². The average Bonchev–Trinajstić information content (AvgIpc) is 2.61. The van der Waals surface area contributed by atoms with E-state index in [0.717, 1.165) is 6.42 Å². The van der Waals surface area contributed by atoms with Gasteiger partial charge in [0, 0.05) is 11.3 Å². The van der Waals surface area contributed by atoms with Crippen molar-refractivity contribution in [3.05, 3.63) is 0 Å². The van der Waals surface area contributed by atoms with Crippen LogP contribution in [0.3, 0.4) is 0 Å². The van der Waals surface area contributed by atoms with Gasteiger partial charge < -0.3 is 10.0 Å². The summed E-state index contributed by atoms with van der Waals surface area (Å²) < 4.78 is 0.0358. The van der Waals surface area contributed by atoms with Gasteiger partial charge in [-0.1, -0.05) is 20.8 Å². The average molecular weight is 245 g/mol. The van der Waals surface area contributed by atoms with Crippen LogP contribution in [0.2, 0.25) is 0 Å². The van der Waals surface area contributed by atoms with Crippen LogP contribution in [-0.4, -0.2) is 45.0 Å². The summed E-state index contributed by atoms with van der Waals surface area (Å²) >= 11 is 1.56. The fourth-order valence-electron chi connectivity index (χ4n) is 1.68. The molecule has 0 saturated carbocycles. The molecule has 1 aliphatic heterocycles. The molecule has 1 rings (SSSR count). The van der Waals surface area contributed by atoms with Crippen LogP contribution in [0.15, 0.2) is 0 Å². The van der Waals surface area contributed by atoms with Crippen molar-refractivity contribution in [1.82, 2.24) is 4.90 Å². The standard InChI is InChI=1S/C11H19NO3S/c1-11(2,3)16-7-9(13)12-6-4-5-8(12)10(14)15/h8H,4-7H2,1-3H3,(H,14,15)/t8-/m0/s1. The number of carboxylic acids is 1. The Morgan fingerprint density at radius 2 is 2.06 bits per heavy atom. The topological polar surface area (TPSA) is 57.6 Å². The van der Waals surface area contributed by atoms with Crippen LogP contribution < -0.4 is 0 Å². The normalized spacial score (nSPS) is 21.2. The molecule has 92 valence electrons. The van der Waals surface area contributed by atoms with Crippen LogP contribution in [0.1, 0.15) is 33.6 Å². The Kier molecular flexibility index (Phi) is 4.24. The van der Waals surface area contributed by atoms with Crippen LogP contribution in [0.4, 0.5) is 0 Å². The van der Waals surface area contributed by atoms with Crippen molar-refractivity contribution in [2.45, 2.75) is 44.4 Å². The summed E-state index contributed by atoms with van der Waals surface area (Å²) in [5.74, 6) is -0.566. The maximum absolute atomic E-state index is 11.8. The van der Waals surface area contributed by atoms with E-state index < -0.39 is 12.0 Å². The number of carboxylic acid groups (broad SMARTS) is 1. The van der Waals surface area contributed by atoms with E-state index in [1.807, 2.05) is 20.8 Å². The highest BCUT2D eigenvalue weighted by Crippen LogP contribution is 2.25. The Morgan fingerprint density at radius 3 is 2.56 bits per heavy atom. The van der Waals surface area contributed by atoms with Gasteiger partial charge in [-0.05, 0) is 12.8 Å². The van der Waals surface area contributed by atoms with E-state index in [1.54, 1.807) is 11.8 Å². The van der Waals surface area contributed by atoms with Gasteiger partial charge in [0.1, 0.15) is 6.04 Å². The Hall–Kier alpha value is -0.710. The van der Waals surface area contributed by atoms with E-state index in [9.17, 15) is 9.59 Å². The maximum atomic E-state index is 11.8. The summed E-state index contributed by atoms with van der Waals surface area (Å²) in [6.45, 7) is 6.72. The number of thioether (sulfide) groups is 1. The fourth-order valence-corrected chi connectivity index (χ4v) is 2.41. The van der Waals surface area contributed by atoms with E-state index in [0.29, 0.717) is 18.7 Å². The third-order valence-corrected chi connectivity index (χ3v) is 3.74. The van der Waals surface area contributed by atoms with Gasteiger partial charge in [-0.2, -0.15) is 0 Å². The summed E-state index contributed by atoms with van der Waals surface area (Å²) in [4.78, 5) is 24.3. The number of nitrogens with zero attached hydrogens (tertiary/aromatic N) is 1. The third-order valence-electron chi connectivity index (χ3n) is 2.49. The zero-order valence-electron chi connectivity index (χ0n) is 10.0. The largest absolute Gasteiger partial charge is 0.480 e. The molecule has 0 aromatic carbocycles. The van der Waals surface area contributed by atoms with Gasteiger partial charge in [-0.25, -0.2) is 4.79 Å². The number of amides is 1. The molecule has 1 heterocycles. The van der Waals surface area contributed by atoms with E-state index in [2.05, 4.69) is 0 Å². The highest BCUT2D eigenvalue weighted by atomic mass is 32.2. The number of aliphatic carboxylic acids is 1.